The van der Waals surface area contributed by atoms with Crippen molar-refractivity contribution in [3.63, 3.8) is 0 Å². The Kier molecular flexibility index (Phi) is 6.33. The van der Waals surface area contributed by atoms with Crippen LogP contribution in [0.5, 0.6) is 23.0 Å². The summed E-state index contributed by atoms with van der Waals surface area (Å²) in [7, 11) is 0. The van der Waals surface area contributed by atoms with E-state index in [4.69, 9.17) is 9.47 Å². The lowest BCUT2D eigenvalue weighted by atomic mass is 10.1. The van der Waals surface area contributed by atoms with Gasteiger partial charge in [0.15, 0.2) is 0 Å². The zero-order chi connectivity index (χ0) is 29.6. The van der Waals surface area contributed by atoms with E-state index in [-0.39, 0.29) is 11.4 Å². The van der Waals surface area contributed by atoms with Crippen molar-refractivity contribution in [1.29, 1.82) is 0 Å². The topological polar surface area (TPSA) is 105 Å². The number of ether oxygens (including phenoxy) is 2. The number of urea groups is 1. The van der Waals surface area contributed by atoms with Crippen molar-refractivity contribution in [3.05, 3.63) is 103 Å². The molecule has 210 valence electrons. The Morgan fingerprint density at radius 2 is 1.31 bits per heavy atom. The summed E-state index contributed by atoms with van der Waals surface area (Å²) in [5.41, 5.74) is -1.19. The highest BCUT2D eigenvalue weighted by Gasteiger charge is 2.47. The molecule has 2 aromatic heterocycles. The van der Waals surface area contributed by atoms with Crippen molar-refractivity contribution in [2.75, 3.05) is 9.80 Å². The van der Waals surface area contributed by atoms with Gasteiger partial charge in [-0.1, -0.05) is 0 Å². The number of halogens is 4. The van der Waals surface area contributed by atoms with Gasteiger partial charge in [0, 0.05) is 12.4 Å². The molecule has 13 heteroatoms. The van der Waals surface area contributed by atoms with Crippen LogP contribution in [0.1, 0.15) is 5.56 Å². The Labute approximate surface area is 233 Å². The highest BCUT2D eigenvalue weighted by atomic mass is 19.4. The molecule has 42 heavy (non-hydrogen) atoms. The lowest BCUT2D eigenvalue weighted by Gasteiger charge is -2.19. The number of imide groups is 2. The van der Waals surface area contributed by atoms with E-state index in [0.29, 0.717) is 33.0 Å². The molecule has 1 aliphatic rings. The fourth-order valence-electron chi connectivity index (χ4n) is 4.33. The van der Waals surface area contributed by atoms with E-state index in [9.17, 15) is 31.9 Å². The number of alkyl halides is 3. The van der Waals surface area contributed by atoms with Gasteiger partial charge in [0.2, 0.25) is 0 Å². The molecule has 6 rings (SSSR count). The third-order valence-corrected chi connectivity index (χ3v) is 6.28. The Morgan fingerprint density at radius 3 is 1.98 bits per heavy atom. The fourth-order valence-corrected chi connectivity index (χ4v) is 4.33. The molecule has 9 nitrogen and oxygen atoms in total. The highest BCUT2D eigenvalue weighted by Crippen LogP contribution is 2.41. The van der Waals surface area contributed by atoms with Crippen LogP contribution < -0.4 is 19.3 Å². The first-order valence-electron chi connectivity index (χ1n) is 12.2. The standard InChI is InChI=1S/C29H16F4N4O5/c30-16-1-6-19(7-2-16)42-24-10-5-18(15-22(24)29(31,32)33)37-27(39)26(38)36(28(37)40)17-3-8-20(9-4-17)41-23-12-14-35-25-21(23)11-13-34-25/h1-15H,(H,34,35). The zero-order valence-electron chi connectivity index (χ0n) is 21.1. The third-order valence-electron chi connectivity index (χ3n) is 6.28. The number of carbonyl (C=O) groups excluding carboxylic acids is 3. The molecule has 0 atom stereocenters. The van der Waals surface area contributed by atoms with Crippen LogP contribution in [-0.4, -0.2) is 27.8 Å². The number of aromatic amines is 1. The Balaban J connectivity index is 1.26. The number of amides is 4. The molecule has 0 radical (unpaired) electrons. The van der Waals surface area contributed by atoms with Crippen LogP contribution in [0, 0.1) is 5.82 Å². The minimum atomic E-state index is -4.96. The number of hydrogen-bond acceptors (Lipinski definition) is 6. The number of rotatable bonds is 6. The molecule has 3 aromatic carbocycles. The Hall–Kier alpha value is -5.72. The van der Waals surface area contributed by atoms with Crippen LogP contribution in [0.25, 0.3) is 11.0 Å². The highest BCUT2D eigenvalue weighted by molar-refractivity contribution is 6.60. The summed E-state index contributed by atoms with van der Waals surface area (Å²) < 4.78 is 66.1. The summed E-state index contributed by atoms with van der Waals surface area (Å²) in [6.45, 7) is 0. The number of hydrogen-bond donors (Lipinski definition) is 1. The second-order valence-electron chi connectivity index (χ2n) is 8.94. The summed E-state index contributed by atoms with van der Waals surface area (Å²) in [6, 6.07) is 14.7. The zero-order valence-corrected chi connectivity index (χ0v) is 21.1. The molecule has 5 aromatic rings. The third kappa shape index (κ3) is 4.76. The maximum Gasteiger partial charge on any atom is 0.420 e. The average Bonchev–Trinajstić information content (AvgIpc) is 3.53. The van der Waals surface area contributed by atoms with Gasteiger partial charge in [-0.3, -0.25) is 9.59 Å². The molecule has 0 bridgehead atoms. The monoisotopic (exact) mass is 576 g/mol. The van der Waals surface area contributed by atoms with E-state index in [1.54, 1.807) is 24.5 Å². The summed E-state index contributed by atoms with van der Waals surface area (Å²) in [6.07, 6.45) is -1.71. The van der Waals surface area contributed by atoms with Crippen molar-refractivity contribution < 1.29 is 41.4 Å². The smallest absolute Gasteiger partial charge is 0.420 e. The largest absolute Gasteiger partial charge is 0.457 e. The van der Waals surface area contributed by atoms with Crippen LogP contribution in [0.3, 0.4) is 0 Å². The number of benzene rings is 3. The van der Waals surface area contributed by atoms with Crippen LogP contribution in [0.2, 0.25) is 0 Å². The van der Waals surface area contributed by atoms with Gasteiger partial charge in [0.25, 0.3) is 0 Å². The molecule has 4 amide bonds. The van der Waals surface area contributed by atoms with Crippen LogP contribution in [-0.2, 0) is 15.8 Å². The summed E-state index contributed by atoms with van der Waals surface area (Å²) in [5.74, 6) is -3.08. The van der Waals surface area contributed by atoms with Crippen molar-refractivity contribution in [2.45, 2.75) is 6.18 Å². The second-order valence-corrected chi connectivity index (χ2v) is 8.94. The van der Waals surface area contributed by atoms with Gasteiger partial charge < -0.3 is 14.5 Å². The van der Waals surface area contributed by atoms with E-state index < -0.39 is 46.8 Å². The normalized spacial score (nSPS) is 13.8. The first-order chi connectivity index (χ1) is 20.1. The molecular formula is C29H16F4N4O5. The number of carbonyl (C=O) groups is 3. The summed E-state index contributed by atoms with van der Waals surface area (Å²) >= 11 is 0. The Bertz CT molecular complexity index is 1850. The molecule has 3 heterocycles. The van der Waals surface area contributed by atoms with Gasteiger partial charge in [-0.25, -0.2) is 24.0 Å². The van der Waals surface area contributed by atoms with E-state index in [1.165, 1.54) is 24.3 Å². The maximum atomic E-state index is 13.9. The number of pyridine rings is 1. The molecule has 0 aliphatic carbocycles. The first kappa shape index (κ1) is 26.5. The number of nitrogens with zero attached hydrogens (tertiary/aromatic N) is 3. The van der Waals surface area contributed by atoms with E-state index >= 15 is 0 Å². The lowest BCUT2D eigenvalue weighted by Crippen LogP contribution is -2.33. The molecule has 1 aliphatic heterocycles. The number of fused-ring (bicyclic) bond motifs is 1. The number of aromatic nitrogens is 2. The van der Waals surface area contributed by atoms with E-state index in [1.807, 2.05) is 0 Å². The number of H-pyrrole nitrogens is 1. The van der Waals surface area contributed by atoms with Crippen molar-refractivity contribution in [2.24, 2.45) is 0 Å². The molecule has 1 saturated heterocycles. The second kappa shape index (κ2) is 10.0. The van der Waals surface area contributed by atoms with E-state index in [2.05, 4.69) is 9.97 Å². The lowest BCUT2D eigenvalue weighted by molar-refractivity contribution is -0.138. The van der Waals surface area contributed by atoms with Crippen LogP contribution in [0.4, 0.5) is 33.7 Å². The van der Waals surface area contributed by atoms with Crippen molar-refractivity contribution >= 4 is 40.3 Å². The van der Waals surface area contributed by atoms with E-state index in [0.717, 1.165) is 41.8 Å². The number of nitrogens with one attached hydrogen (secondary N) is 1. The predicted molar refractivity (Wildman–Crippen MR) is 141 cm³/mol. The first-order valence-corrected chi connectivity index (χ1v) is 12.2. The molecule has 0 spiro atoms. The van der Waals surface area contributed by atoms with Gasteiger partial charge in [0.05, 0.1) is 16.8 Å². The van der Waals surface area contributed by atoms with Crippen molar-refractivity contribution in [1.82, 2.24) is 9.97 Å². The van der Waals surface area contributed by atoms with Gasteiger partial charge in [-0.2, -0.15) is 13.2 Å². The van der Waals surface area contributed by atoms with Gasteiger partial charge >= 0.3 is 24.0 Å². The molecule has 0 saturated carbocycles. The quantitative estimate of drug-likeness (QED) is 0.135. The Morgan fingerprint density at radius 1 is 0.714 bits per heavy atom. The molecule has 0 unspecified atom stereocenters. The molecule has 1 fully saturated rings. The molecular weight excluding hydrogens is 560 g/mol. The maximum absolute atomic E-state index is 13.9. The fraction of sp³-hybridized carbons (Fsp3) is 0.0345. The molecule has 1 N–H and O–H groups in total. The van der Waals surface area contributed by atoms with Gasteiger partial charge in [-0.05, 0) is 78.9 Å². The summed E-state index contributed by atoms with van der Waals surface area (Å²) in [5, 5.41) is 0.722. The minimum absolute atomic E-state index is 0.00188. The van der Waals surface area contributed by atoms with Crippen molar-refractivity contribution in [3.8, 4) is 23.0 Å². The minimum Gasteiger partial charge on any atom is -0.457 e. The SMILES string of the molecule is O=C1C(=O)N(c2ccc(Oc3ccc(F)cc3)c(C(F)(F)F)c2)C(=O)N1c1ccc(Oc2ccnc3[nH]ccc23)cc1. The van der Waals surface area contributed by atoms with Gasteiger partial charge in [-0.15, -0.1) is 0 Å². The average molecular weight is 576 g/mol. The van der Waals surface area contributed by atoms with Crippen LogP contribution >= 0.6 is 0 Å². The predicted octanol–water partition coefficient (Wildman–Crippen LogP) is 6.81. The van der Waals surface area contributed by atoms with Crippen LogP contribution in [0.15, 0.2) is 91.3 Å². The summed E-state index contributed by atoms with van der Waals surface area (Å²) in [4.78, 5) is 46.9. The van der Waals surface area contributed by atoms with Gasteiger partial charge in [0.1, 0.15) is 40.0 Å². The number of anilines is 2.